The normalized spacial score (nSPS) is 16.4. The standard InChI is InChI=1S/C32H40F2N6O5S.ClH/c1-4-6-7-24-16-23(37-32(42)38-29-17-26(31(41)35-3)27(33)18-28(29)34)14-15-40(24)20-21-8-13-30(36-19-21)45-25-11-9-22(10-12-25)39-46(43,44)5-2;/h8-13,17-19,23-24,39H,4-7,14-16,20H2,1-3H3,(H,35,41)(H2,37,38,42);1H. The van der Waals surface area contributed by atoms with Crippen LogP contribution in [0.1, 0.15) is 61.9 Å². The molecule has 0 radical (unpaired) electrons. The molecule has 4 rings (SSSR count). The molecule has 1 aliphatic heterocycles. The van der Waals surface area contributed by atoms with Gasteiger partial charge in [0.05, 0.1) is 17.0 Å². The summed E-state index contributed by atoms with van der Waals surface area (Å²) in [7, 11) is -2.03. The van der Waals surface area contributed by atoms with Gasteiger partial charge >= 0.3 is 6.03 Å². The number of hydrogen-bond acceptors (Lipinski definition) is 7. The van der Waals surface area contributed by atoms with Crippen molar-refractivity contribution in [2.24, 2.45) is 0 Å². The summed E-state index contributed by atoms with van der Waals surface area (Å²) >= 11 is 0. The molecule has 0 spiro atoms. The van der Waals surface area contributed by atoms with E-state index in [0.717, 1.165) is 37.4 Å². The number of urea groups is 1. The number of nitrogens with zero attached hydrogens (tertiary/aromatic N) is 2. The number of ether oxygens (including phenoxy) is 1. The number of unbranched alkanes of at least 4 members (excludes halogenated alkanes) is 1. The summed E-state index contributed by atoms with van der Waals surface area (Å²) in [4.78, 5) is 31.5. The number of anilines is 2. The van der Waals surface area contributed by atoms with Crippen molar-refractivity contribution in [3.8, 4) is 11.6 Å². The Morgan fingerprint density at radius 2 is 1.81 bits per heavy atom. The summed E-state index contributed by atoms with van der Waals surface area (Å²) in [5, 5.41) is 7.62. The average Bonchev–Trinajstić information content (AvgIpc) is 3.03. The molecular formula is C32H41ClF2N6O5S. The second kappa shape index (κ2) is 17.2. The van der Waals surface area contributed by atoms with Gasteiger partial charge in [-0.2, -0.15) is 0 Å². The Balaban J connectivity index is 0.00000600. The monoisotopic (exact) mass is 694 g/mol. The van der Waals surface area contributed by atoms with Gasteiger partial charge in [0.1, 0.15) is 17.4 Å². The molecule has 2 heterocycles. The number of piperidine rings is 1. The lowest BCUT2D eigenvalue weighted by Crippen LogP contribution is -2.50. The fourth-order valence-electron chi connectivity index (χ4n) is 5.24. The molecule has 1 aromatic heterocycles. The predicted octanol–water partition coefficient (Wildman–Crippen LogP) is 6.04. The van der Waals surface area contributed by atoms with Crippen molar-refractivity contribution in [1.82, 2.24) is 20.5 Å². The van der Waals surface area contributed by atoms with Crippen LogP contribution >= 0.6 is 12.4 Å². The third-order valence-corrected chi connectivity index (χ3v) is 9.06. The fraction of sp³-hybridized carbons (Fsp3) is 0.406. The number of nitrogens with one attached hydrogen (secondary N) is 4. The smallest absolute Gasteiger partial charge is 0.319 e. The van der Waals surface area contributed by atoms with E-state index in [1.807, 2.05) is 6.07 Å². The Hall–Kier alpha value is -4.01. The molecule has 15 heteroatoms. The van der Waals surface area contributed by atoms with Gasteiger partial charge in [-0.1, -0.05) is 25.8 Å². The average molecular weight is 695 g/mol. The number of carbonyl (C=O) groups excluding carboxylic acids is 2. The summed E-state index contributed by atoms with van der Waals surface area (Å²) in [6, 6.07) is 11.3. The topological polar surface area (TPSA) is 142 Å². The van der Waals surface area contributed by atoms with Crippen LogP contribution in [0, 0.1) is 11.6 Å². The second-order valence-corrected chi connectivity index (χ2v) is 13.1. The maximum absolute atomic E-state index is 14.4. The first-order valence-corrected chi connectivity index (χ1v) is 16.9. The van der Waals surface area contributed by atoms with Crippen LogP contribution in [0.25, 0.3) is 0 Å². The zero-order valence-electron chi connectivity index (χ0n) is 26.5. The first-order valence-electron chi connectivity index (χ1n) is 15.3. The van der Waals surface area contributed by atoms with E-state index in [4.69, 9.17) is 4.74 Å². The number of amides is 3. The minimum absolute atomic E-state index is 0. The zero-order chi connectivity index (χ0) is 33.3. The number of carbonyl (C=O) groups is 2. The Bertz CT molecular complexity index is 1610. The van der Waals surface area contributed by atoms with Gasteiger partial charge in [-0.3, -0.25) is 14.4 Å². The van der Waals surface area contributed by atoms with E-state index in [9.17, 15) is 26.8 Å². The Morgan fingerprint density at radius 1 is 1.06 bits per heavy atom. The van der Waals surface area contributed by atoms with E-state index in [1.165, 1.54) is 7.05 Å². The van der Waals surface area contributed by atoms with E-state index >= 15 is 0 Å². The molecule has 0 saturated carbocycles. The van der Waals surface area contributed by atoms with Gasteiger partial charge in [-0.05, 0) is 62.1 Å². The molecule has 1 saturated heterocycles. The Labute approximate surface area is 280 Å². The molecule has 1 aliphatic rings. The minimum Gasteiger partial charge on any atom is -0.439 e. The molecule has 11 nitrogen and oxygen atoms in total. The van der Waals surface area contributed by atoms with Gasteiger partial charge < -0.3 is 20.7 Å². The molecule has 3 amide bonds. The van der Waals surface area contributed by atoms with Gasteiger partial charge in [-0.15, -0.1) is 12.4 Å². The maximum atomic E-state index is 14.4. The summed E-state index contributed by atoms with van der Waals surface area (Å²) in [6.45, 7) is 5.07. The zero-order valence-corrected chi connectivity index (χ0v) is 28.1. The highest BCUT2D eigenvalue weighted by Crippen LogP contribution is 2.26. The summed E-state index contributed by atoms with van der Waals surface area (Å²) in [5.41, 5.74) is 0.803. The first kappa shape index (κ1) is 37.4. The maximum Gasteiger partial charge on any atom is 0.319 e. The summed E-state index contributed by atoms with van der Waals surface area (Å²) < 4.78 is 60.2. The largest absolute Gasteiger partial charge is 0.439 e. The van der Waals surface area contributed by atoms with E-state index in [-0.39, 0.29) is 41.5 Å². The van der Waals surface area contributed by atoms with Crippen molar-refractivity contribution < 1.29 is 31.5 Å². The molecule has 256 valence electrons. The van der Waals surface area contributed by atoms with E-state index in [0.29, 0.717) is 42.8 Å². The molecule has 2 aromatic carbocycles. The first-order chi connectivity index (χ1) is 22.0. The van der Waals surface area contributed by atoms with Crippen molar-refractivity contribution in [1.29, 1.82) is 0 Å². The fourth-order valence-corrected chi connectivity index (χ4v) is 5.88. The van der Waals surface area contributed by atoms with Crippen LogP contribution in [-0.4, -0.2) is 61.7 Å². The third-order valence-electron chi connectivity index (χ3n) is 7.75. The number of pyridine rings is 1. The number of sulfonamides is 1. The van der Waals surface area contributed by atoms with Gasteiger partial charge in [0.25, 0.3) is 5.91 Å². The van der Waals surface area contributed by atoms with Crippen molar-refractivity contribution in [2.45, 2.75) is 64.6 Å². The van der Waals surface area contributed by atoms with Crippen molar-refractivity contribution in [3.63, 3.8) is 0 Å². The van der Waals surface area contributed by atoms with Crippen molar-refractivity contribution in [2.75, 3.05) is 29.4 Å². The van der Waals surface area contributed by atoms with Crippen LogP contribution < -0.4 is 25.4 Å². The van der Waals surface area contributed by atoms with Gasteiger partial charge in [0, 0.05) is 56.2 Å². The number of hydrogen-bond donors (Lipinski definition) is 4. The summed E-state index contributed by atoms with van der Waals surface area (Å²) in [5.74, 6) is -1.81. The lowest BCUT2D eigenvalue weighted by atomic mass is 9.93. The van der Waals surface area contributed by atoms with Crippen LogP contribution in [0.5, 0.6) is 11.6 Å². The van der Waals surface area contributed by atoms with Crippen LogP contribution in [0.15, 0.2) is 54.7 Å². The third kappa shape index (κ3) is 10.8. The summed E-state index contributed by atoms with van der Waals surface area (Å²) in [6.07, 6.45) is 6.12. The molecule has 2 atom stereocenters. The SMILES string of the molecule is CCCCC1CC(NC(=O)Nc2cc(C(=O)NC)c(F)cc2F)CCN1Cc1ccc(Oc2ccc(NS(=O)(=O)CC)cc2)nc1.Cl. The van der Waals surface area contributed by atoms with Gasteiger partial charge in [-0.25, -0.2) is 27.0 Å². The molecular weight excluding hydrogens is 654 g/mol. The number of rotatable bonds is 13. The highest BCUT2D eigenvalue weighted by molar-refractivity contribution is 7.92. The quantitative estimate of drug-likeness (QED) is 0.171. The molecule has 0 aliphatic carbocycles. The second-order valence-electron chi connectivity index (χ2n) is 11.1. The Kier molecular flexibility index (Phi) is 13.7. The van der Waals surface area contributed by atoms with E-state index < -0.39 is 33.6 Å². The molecule has 2 unspecified atom stereocenters. The number of likely N-dealkylation sites (tertiary alicyclic amines) is 1. The number of benzene rings is 2. The molecule has 4 N–H and O–H groups in total. The van der Waals surface area contributed by atoms with Crippen LogP contribution in [0.3, 0.4) is 0 Å². The van der Waals surface area contributed by atoms with Crippen molar-refractivity contribution in [3.05, 3.63) is 77.5 Å². The van der Waals surface area contributed by atoms with Crippen LogP contribution in [0.4, 0.5) is 25.0 Å². The van der Waals surface area contributed by atoms with Gasteiger partial charge in [0.15, 0.2) is 0 Å². The lowest BCUT2D eigenvalue weighted by Gasteiger charge is -2.40. The van der Waals surface area contributed by atoms with Crippen LogP contribution in [0.2, 0.25) is 0 Å². The molecule has 1 fully saturated rings. The highest BCUT2D eigenvalue weighted by Gasteiger charge is 2.29. The number of aromatic nitrogens is 1. The lowest BCUT2D eigenvalue weighted by molar-refractivity contribution is 0.0959. The molecule has 0 bridgehead atoms. The highest BCUT2D eigenvalue weighted by atomic mass is 35.5. The van der Waals surface area contributed by atoms with Crippen LogP contribution in [-0.2, 0) is 16.6 Å². The number of halogens is 3. The van der Waals surface area contributed by atoms with E-state index in [1.54, 1.807) is 43.5 Å². The Morgan fingerprint density at radius 3 is 2.45 bits per heavy atom. The van der Waals surface area contributed by atoms with Crippen molar-refractivity contribution >= 4 is 45.7 Å². The minimum atomic E-state index is -3.36. The predicted molar refractivity (Wildman–Crippen MR) is 180 cm³/mol. The molecule has 3 aromatic rings. The molecule has 47 heavy (non-hydrogen) atoms. The van der Waals surface area contributed by atoms with Gasteiger partial charge in [0.2, 0.25) is 15.9 Å². The van der Waals surface area contributed by atoms with E-state index in [2.05, 4.69) is 37.5 Å².